The second-order valence-electron chi connectivity index (χ2n) is 3.56. The van der Waals surface area contributed by atoms with Crippen LogP contribution in [0, 0.1) is 0 Å². The maximum Gasteiger partial charge on any atom is 0.259 e. The van der Waals surface area contributed by atoms with E-state index in [-0.39, 0.29) is 11.7 Å². The van der Waals surface area contributed by atoms with Crippen LogP contribution in [0.5, 0.6) is 11.5 Å². The molecule has 1 N–H and O–H groups in total. The number of thiocarbonyl (C=S) groups is 1. The average Bonchev–Trinajstić information content (AvgIpc) is 2.70. The molecule has 8 heteroatoms. The number of carbonyl (C=O) groups excluding carboxylic acids is 1. The first-order valence-electron chi connectivity index (χ1n) is 5.13. The molecule has 1 aromatic carbocycles. The molecule has 5 nitrogen and oxygen atoms in total. The Morgan fingerprint density at radius 1 is 1.63 bits per heavy atom. The number of rotatable bonds is 3. The number of hydrogen-bond donors (Lipinski definition) is 1. The Morgan fingerprint density at radius 2 is 2.37 bits per heavy atom. The summed E-state index contributed by atoms with van der Waals surface area (Å²) >= 11 is 9.50. The molecular formula is C11H9BrN2O3S2. The molecule has 0 aliphatic carbocycles. The molecule has 1 amide bonds. The number of ether oxygens (including phenoxy) is 1. The molecule has 1 fully saturated rings. The van der Waals surface area contributed by atoms with Gasteiger partial charge in [-0.05, 0) is 33.6 Å². The van der Waals surface area contributed by atoms with Gasteiger partial charge in [0.2, 0.25) is 0 Å². The summed E-state index contributed by atoms with van der Waals surface area (Å²) < 4.78 is 5.95. The average molecular weight is 361 g/mol. The number of phenols is 1. The number of methoxy groups -OCH3 is 1. The molecule has 0 radical (unpaired) electrons. The molecule has 1 aliphatic heterocycles. The lowest BCUT2D eigenvalue weighted by molar-refractivity contribution is -0.123. The van der Waals surface area contributed by atoms with Crippen molar-refractivity contribution in [3.05, 3.63) is 22.2 Å². The van der Waals surface area contributed by atoms with Crippen molar-refractivity contribution in [2.24, 2.45) is 5.10 Å². The molecule has 1 aliphatic rings. The van der Waals surface area contributed by atoms with Gasteiger partial charge in [-0.25, -0.2) is 0 Å². The van der Waals surface area contributed by atoms with Gasteiger partial charge >= 0.3 is 0 Å². The summed E-state index contributed by atoms with van der Waals surface area (Å²) in [7, 11) is 1.46. The minimum atomic E-state index is -0.143. The van der Waals surface area contributed by atoms with Crippen LogP contribution >= 0.6 is 39.9 Å². The van der Waals surface area contributed by atoms with Crippen LogP contribution in [0.25, 0.3) is 0 Å². The van der Waals surface area contributed by atoms with Crippen molar-refractivity contribution in [1.29, 1.82) is 0 Å². The maximum absolute atomic E-state index is 11.5. The zero-order valence-corrected chi connectivity index (χ0v) is 13.0. The van der Waals surface area contributed by atoms with Crippen molar-refractivity contribution in [3.8, 4) is 11.5 Å². The fourth-order valence-corrected chi connectivity index (χ4v) is 2.83. The summed E-state index contributed by atoms with van der Waals surface area (Å²) in [5.74, 6) is 0.512. The lowest BCUT2D eigenvalue weighted by atomic mass is 10.2. The molecule has 19 heavy (non-hydrogen) atoms. The van der Waals surface area contributed by atoms with Crippen molar-refractivity contribution in [1.82, 2.24) is 5.01 Å². The molecule has 100 valence electrons. The number of amides is 1. The summed E-state index contributed by atoms with van der Waals surface area (Å²) in [5.41, 5.74) is 0.675. The van der Waals surface area contributed by atoms with Crippen LogP contribution < -0.4 is 4.74 Å². The number of halogens is 1. The van der Waals surface area contributed by atoms with E-state index in [0.717, 1.165) is 0 Å². The van der Waals surface area contributed by atoms with Gasteiger partial charge in [-0.2, -0.15) is 10.1 Å². The third kappa shape index (κ3) is 3.07. The standard InChI is InChI=1S/C11H9BrN2O3S2/c1-17-8-3-6(2-7(12)10(8)16)4-13-14-9(15)5-19-11(14)18/h2-4,16H,5H2,1H3/b13-4-. The highest BCUT2D eigenvalue weighted by molar-refractivity contribution is 9.10. The van der Waals surface area contributed by atoms with Gasteiger partial charge in [-0.3, -0.25) is 4.79 Å². The topological polar surface area (TPSA) is 62.1 Å². The van der Waals surface area contributed by atoms with Gasteiger partial charge in [-0.1, -0.05) is 24.0 Å². The van der Waals surface area contributed by atoms with Crippen LogP contribution in [0.1, 0.15) is 5.56 Å². The van der Waals surface area contributed by atoms with Crippen molar-refractivity contribution in [3.63, 3.8) is 0 Å². The molecule has 1 heterocycles. The Balaban J connectivity index is 2.26. The van der Waals surface area contributed by atoms with E-state index in [4.69, 9.17) is 17.0 Å². The summed E-state index contributed by atoms with van der Waals surface area (Å²) in [4.78, 5) is 11.5. The number of hydrazone groups is 1. The Kier molecular flexibility index (Phi) is 4.43. The molecule has 0 aromatic heterocycles. The second-order valence-corrected chi connectivity index (χ2v) is 6.02. The van der Waals surface area contributed by atoms with Crippen molar-refractivity contribution >= 4 is 56.4 Å². The van der Waals surface area contributed by atoms with Gasteiger partial charge < -0.3 is 9.84 Å². The summed E-state index contributed by atoms with van der Waals surface area (Å²) in [6.45, 7) is 0. The first kappa shape index (κ1) is 14.3. The molecule has 1 saturated heterocycles. The first-order valence-corrected chi connectivity index (χ1v) is 7.32. The molecular weight excluding hydrogens is 352 g/mol. The molecule has 0 saturated carbocycles. The van der Waals surface area contributed by atoms with Crippen LogP contribution in [-0.2, 0) is 4.79 Å². The Bertz CT molecular complexity index is 561. The molecule has 0 bridgehead atoms. The smallest absolute Gasteiger partial charge is 0.259 e. The first-order chi connectivity index (χ1) is 9.02. The second kappa shape index (κ2) is 5.89. The number of carbonyl (C=O) groups is 1. The lowest BCUT2D eigenvalue weighted by Gasteiger charge is -2.08. The molecule has 0 atom stereocenters. The molecule has 2 rings (SSSR count). The number of phenolic OH excluding ortho intramolecular Hbond substituents is 1. The highest BCUT2D eigenvalue weighted by Crippen LogP contribution is 2.34. The molecule has 0 spiro atoms. The normalized spacial score (nSPS) is 15.6. The predicted molar refractivity (Wildman–Crippen MR) is 81.9 cm³/mol. The van der Waals surface area contributed by atoms with Gasteiger partial charge in [0.05, 0.1) is 23.5 Å². The van der Waals surface area contributed by atoms with Gasteiger partial charge in [0, 0.05) is 0 Å². The highest BCUT2D eigenvalue weighted by Gasteiger charge is 2.25. The van der Waals surface area contributed by atoms with E-state index in [9.17, 15) is 9.90 Å². The van der Waals surface area contributed by atoms with Gasteiger partial charge in [0.1, 0.15) is 0 Å². The van der Waals surface area contributed by atoms with Crippen LogP contribution in [-0.4, -0.2) is 39.4 Å². The molecule has 1 aromatic rings. The lowest BCUT2D eigenvalue weighted by Crippen LogP contribution is -2.22. The van der Waals surface area contributed by atoms with Gasteiger partial charge in [0.25, 0.3) is 5.91 Å². The van der Waals surface area contributed by atoms with Crippen LogP contribution in [0.15, 0.2) is 21.7 Å². The summed E-state index contributed by atoms with van der Waals surface area (Å²) in [6, 6.07) is 3.28. The quantitative estimate of drug-likeness (QED) is 0.662. The molecule has 0 unspecified atom stereocenters. The zero-order chi connectivity index (χ0) is 14.0. The summed E-state index contributed by atoms with van der Waals surface area (Å²) in [5, 5.41) is 14.9. The number of nitrogens with zero attached hydrogens (tertiary/aromatic N) is 2. The fourth-order valence-electron chi connectivity index (χ4n) is 1.41. The third-order valence-corrected chi connectivity index (χ3v) is 4.26. The van der Waals surface area contributed by atoms with Crippen LogP contribution in [0.4, 0.5) is 0 Å². The van der Waals surface area contributed by atoms with Gasteiger partial charge in [0.15, 0.2) is 15.8 Å². The minimum Gasteiger partial charge on any atom is -0.503 e. The fraction of sp³-hybridized carbons (Fsp3) is 0.182. The minimum absolute atomic E-state index is 0.0166. The van der Waals surface area contributed by atoms with E-state index in [1.165, 1.54) is 30.1 Å². The zero-order valence-electron chi connectivity index (χ0n) is 9.79. The number of thioether (sulfide) groups is 1. The van der Waals surface area contributed by atoms with E-state index in [2.05, 4.69) is 21.0 Å². The SMILES string of the molecule is COc1cc(/C=N\N2C(=O)CSC2=S)cc(Br)c1O. The summed E-state index contributed by atoms with van der Waals surface area (Å²) in [6.07, 6.45) is 1.49. The van der Waals surface area contributed by atoms with E-state index in [1.807, 2.05) is 0 Å². The van der Waals surface area contributed by atoms with Gasteiger partial charge in [-0.15, -0.1) is 0 Å². The largest absolute Gasteiger partial charge is 0.503 e. The van der Waals surface area contributed by atoms with Crippen molar-refractivity contribution in [2.75, 3.05) is 12.9 Å². The highest BCUT2D eigenvalue weighted by atomic mass is 79.9. The predicted octanol–water partition coefficient (Wildman–Crippen LogP) is 2.36. The third-order valence-electron chi connectivity index (χ3n) is 2.32. The number of aromatic hydroxyl groups is 1. The monoisotopic (exact) mass is 360 g/mol. The van der Waals surface area contributed by atoms with E-state index >= 15 is 0 Å². The van der Waals surface area contributed by atoms with Crippen LogP contribution in [0.2, 0.25) is 0 Å². The Morgan fingerprint density at radius 3 is 2.95 bits per heavy atom. The Labute approximate surface area is 127 Å². The van der Waals surface area contributed by atoms with Crippen molar-refractivity contribution < 1.29 is 14.6 Å². The van der Waals surface area contributed by atoms with Crippen LogP contribution in [0.3, 0.4) is 0 Å². The van der Waals surface area contributed by atoms with E-state index in [1.54, 1.807) is 12.1 Å². The maximum atomic E-state index is 11.5. The number of hydrogen-bond acceptors (Lipinski definition) is 6. The number of benzene rings is 1. The Hall–Kier alpha value is -1.12. The van der Waals surface area contributed by atoms with E-state index in [0.29, 0.717) is 25.9 Å². The van der Waals surface area contributed by atoms with Crippen molar-refractivity contribution in [2.45, 2.75) is 0 Å². The van der Waals surface area contributed by atoms with E-state index < -0.39 is 0 Å².